The summed E-state index contributed by atoms with van der Waals surface area (Å²) in [6.45, 7) is 4.95. The number of methoxy groups -OCH3 is 1. The van der Waals surface area contributed by atoms with E-state index in [1.807, 2.05) is 0 Å². The van der Waals surface area contributed by atoms with Crippen LogP contribution < -0.4 is 5.32 Å². The zero-order valence-electron chi connectivity index (χ0n) is 9.36. The molecule has 84 valence electrons. The van der Waals surface area contributed by atoms with E-state index in [1.54, 1.807) is 7.11 Å². The summed E-state index contributed by atoms with van der Waals surface area (Å²) in [7, 11) is 1.72. The summed E-state index contributed by atoms with van der Waals surface area (Å²) in [6, 6.07) is 0.148. The fraction of sp³-hybridized carbons (Fsp3) is 0.800. The molecule has 0 saturated carbocycles. The topological polar surface area (TPSA) is 60.2 Å². The summed E-state index contributed by atoms with van der Waals surface area (Å²) < 4.78 is 10.5. The summed E-state index contributed by atoms with van der Waals surface area (Å²) in [4.78, 5) is 4.36. The van der Waals surface area contributed by atoms with Crippen molar-refractivity contribution in [2.24, 2.45) is 0 Å². The minimum atomic E-state index is 0.148. The smallest absolute Gasteiger partial charge is 0.243 e. The Labute approximate surface area is 89.2 Å². The fourth-order valence-corrected chi connectivity index (χ4v) is 1.69. The van der Waals surface area contributed by atoms with Gasteiger partial charge < -0.3 is 14.6 Å². The van der Waals surface area contributed by atoms with E-state index in [9.17, 15) is 0 Å². The predicted molar refractivity (Wildman–Crippen MR) is 54.5 cm³/mol. The minimum absolute atomic E-state index is 0.148. The second-order valence-corrected chi connectivity index (χ2v) is 4.20. The van der Waals surface area contributed by atoms with Gasteiger partial charge in [0.15, 0.2) is 5.82 Å². The highest BCUT2D eigenvalue weighted by Crippen LogP contribution is 2.24. The summed E-state index contributed by atoms with van der Waals surface area (Å²) in [5, 5.41) is 7.25. The van der Waals surface area contributed by atoms with Crippen molar-refractivity contribution in [2.45, 2.75) is 38.3 Å². The fourth-order valence-electron chi connectivity index (χ4n) is 1.69. The van der Waals surface area contributed by atoms with Crippen molar-refractivity contribution in [1.82, 2.24) is 15.5 Å². The van der Waals surface area contributed by atoms with Gasteiger partial charge in [-0.3, -0.25) is 0 Å². The Balaban J connectivity index is 2.04. The molecule has 0 radical (unpaired) electrons. The molecule has 15 heavy (non-hydrogen) atoms. The van der Waals surface area contributed by atoms with Crippen LogP contribution in [0.15, 0.2) is 4.52 Å². The molecule has 0 spiro atoms. The van der Waals surface area contributed by atoms with Crippen LogP contribution in [0.25, 0.3) is 0 Å². The normalized spacial score (nSPS) is 26.4. The Morgan fingerprint density at radius 1 is 1.53 bits per heavy atom. The Kier molecular flexibility index (Phi) is 3.02. The van der Waals surface area contributed by atoms with Gasteiger partial charge in [-0.2, -0.15) is 4.98 Å². The van der Waals surface area contributed by atoms with E-state index in [2.05, 4.69) is 29.3 Å². The average molecular weight is 211 g/mol. The molecule has 2 rings (SSSR count). The highest BCUT2D eigenvalue weighted by molar-refractivity contribution is 4.99. The zero-order valence-corrected chi connectivity index (χ0v) is 9.36. The summed E-state index contributed by atoms with van der Waals surface area (Å²) in [5.74, 6) is 1.76. The maximum Gasteiger partial charge on any atom is 0.243 e. The average Bonchev–Trinajstić information content (AvgIpc) is 2.86. The summed E-state index contributed by atoms with van der Waals surface area (Å²) in [5.41, 5.74) is 0. The van der Waals surface area contributed by atoms with E-state index in [-0.39, 0.29) is 12.1 Å². The molecule has 5 nitrogen and oxygen atoms in total. The molecule has 2 heterocycles. The maximum absolute atomic E-state index is 5.26. The predicted octanol–water partition coefficient (Wildman–Crippen LogP) is 1.24. The number of nitrogens with one attached hydrogen (secondary N) is 1. The third-order valence-corrected chi connectivity index (χ3v) is 2.70. The zero-order chi connectivity index (χ0) is 10.8. The van der Waals surface area contributed by atoms with Gasteiger partial charge in [-0.1, -0.05) is 19.0 Å². The number of nitrogens with zero attached hydrogens (tertiary/aromatic N) is 2. The minimum Gasteiger partial charge on any atom is -0.380 e. The standard InChI is InChI=1S/C10H17N3O2/c1-6(2)9-12-10(15-13-9)8-4-7(14-3)5-11-8/h6-8,11H,4-5H2,1-3H3/t7-,8-/m1/s1. The quantitative estimate of drug-likeness (QED) is 0.815. The molecule has 1 saturated heterocycles. The van der Waals surface area contributed by atoms with E-state index in [0.29, 0.717) is 11.8 Å². The summed E-state index contributed by atoms with van der Waals surface area (Å²) in [6.07, 6.45) is 1.15. The van der Waals surface area contributed by atoms with E-state index in [4.69, 9.17) is 9.26 Å². The van der Waals surface area contributed by atoms with Crippen molar-refractivity contribution in [1.29, 1.82) is 0 Å². The lowest BCUT2D eigenvalue weighted by molar-refractivity contribution is 0.116. The van der Waals surface area contributed by atoms with Gasteiger partial charge in [0, 0.05) is 19.6 Å². The van der Waals surface area contributed by atoms with E-state index in [1.165, 1.54) is 0 Å². The number of ether oxygens (including phenoxy) is 1. The van der Waals surface area contributed by atoms with Crippen molar-refractivity contribution < 1.29 is 9.26 Å². The van der Waals surface area contributed by atoms with Crippen LogP contribution in [0.3, 0.4) is 0 Å². The highest BCUT2D eigenvalue weighted by atomic mass is 16.5. The van der Waals surface area contributed by atoms with Gasteiger partial charge in [0.25, 0.3) is 0 Å². The molecule has 1 aliphatic heterocycles. The third-order valence-electron chi connectivity index (χ3n) is 2.70. The number of hydrogen-bond acceptors (Lipinski definition) is 5. The van der Waals surface area contributed by atoms with Crippen LogP contribution in [-0.2, 0) is 4.74 Å². The molecule has 0 bridgehead atoms. The molecule has 1 aromatic heterocycles. The van der Waals surface area contributed by atoms with Gasteiger partial charge in [-0.15, -0.1) is 0 Å². The first-order chi connectivity index (χ1) is 7.20. The van der Waals surface area contributed by atoms with Crippen LogP contribution in [-0.4, -0.2) is 29.9 Å². The van der Waals surface area contributed by atoms with Gasteiger partial charge in [0.1, 0.15) is 0 Å². The molecule has 1 aromatic rings. The maximum atomic E-state index is 5.26. The molecule has 0 unspecified atom stereocenters. The van der Waals surface area contributed by atoms with E-state index in [0.717, 1.165) is 18.8 Å². The molecule has 1 N–H and O–H groups in total. The first-order valence-electron chi connectivity index (χ1n) is 5.30. The van der Waals surface area contributed by atoms with Crippen molar-refractivity contribution >= 4 is 0 Å². The number of rotatable bonds is 3. The number of hydrogen-bond donors (Lipinski definition) is 1. The Morgan fingerprint density at radius 3 is 2.87 bits per heavy atom. The molecule has 1 fully saturated rings. The molecule has 0 amide bonds. The largest absolute Gasteiger partial charge is 0.380 e. The lowest BCUT2D eigenvalue weighted by Crippen LogP contribution is -2.16. The Morgan fingerprint density at radius 2 is 2.33 bits per heavy atom. The second kappa shape index (κ2) is 4.28. The molecular formula is C10H17N3O2. The SMILES string of the molecule is CO[C@H]1CN[C@@H](c2nc(C(C)C)no2)C1. The molecule has 0 aliphatic carbocycles. The summed E-state index contributed by atoms with van der Waals surface area (Å²) >= 11 is 0. The van der Waals surface area contributed by atoms with Gasteiger partial charge in [0.2, 0.25) is 5.89 Å². The molecule has 1 aliphatic rings. The van der Waals surface area contributed by atoms with Gasteiger partial charge in [-0.25, -0.2) is 0 Å². The third kappa shape index (κ3) is 2.18. The lowest BCUT2D eigenvalue weighted by atomic mass is 10.2. The molecule has 0 aromatic carbocycles. The number of aromatic nitrogens is 2. The monoisotopic (exact) mass is 211 g/mol. The molecular weight excluding hydrogens is 194 g/mol. The Bertz CT molecular complexity index is 324. The first-order valence-corrected chi connectivity index (χ1v) is 5.30. The van der Waals surface area contributed by atoms with Crippen molar-refractivity contribution in [3.05, 3.63) is 11.7 Å². The van der Waals surface area contributed by atoms with Crippen LogP contribution in [0.1, 0.15) is 43.9 Å². The van der Waals surface area contributed by atoms with Gasteiger partial charge in [0.05, 0.1) is 12.1 Å². The molecule has 2 atom stereocenters. The van der Waals surface area contributed by atoms with Crippen LogP contribution in [0, 0.1) is 0 Å². The highest BCUT2D eigenvalue weighted by Gasteiger charge is 2.29. The first kappa shape index (κ1) is 10.6. The Hall–Kier alpha value is -0.940. The second-order valence-electron chi connectivity index (χ2n) is 4.20. The lowest BCUT2D eigenvalue weighted by Gasteiger charge is -2.04. The van der Waals surface area contributed by atoms with E-state index < -0.39 is 0 Å². The van der Waals surface area contributed by atoms with Gasteiger partial charge >= 0.3 is 0 Å². The van der Waals surface area contributed by atoms with Crippen molar-refractivity contribution in [3.8, 4) is 0 Å². The van der Waals surface area contributed by atoms with Crippen LogP contribution >= 0.6 is 0 Å². The van der Waals surface area contributed by atoms with Crippen LogP contribution in [0.4, 0.5) is 0 Å². The van der Waals surface area contributed by atoms with Crippen molar-refractivity contribution in [2.75, 3.05) is 13.7 Å². The molecule has 5 heteroatoms. The van der Waals surface area contributed by atoms with Crippen LogP contribution in [0.5, 0.6) is 0 Å². The van der Waals surface area contributed by atoms with Crippen molar-refractivity contribution in [3.63, 3.8) is 0 Å². The van der Waals surface area contributed by atoms with E-state index >= 15 is 0 Å². The van der Waals surface area contributed by atoms with Crippen LogP contribution in [0.2, 0.25) is 0 Å². The van der Waals surface area contributed by atoms with Gasteiger partial charge in [-0.05, 0) is 6.42 Å².